The Labute approximate surface area is 149 Å². The van der Waals surface area contributed by atoms with Crippen LogP contribution in [0.1, 0.15) is 64.9 Å². The Balaban J connectivity index is 2.79. The van der Waals surface area contributed by atoms with E-state index in [9.17, 15) is 0 Å². The normalized spacial score (nSPS) is 11.8. The molecule has 0 fully saturated rings. The van der Waals surface area contributed by atoms with Crippen molar-refractivity contribution in [2.75, 3.05) is 19.8 Å². The summed E-state index contributed by atoms with van der Waals surface area (Å²) in [4.78, 5) is 0. The van der Waals surface area contributed by atoms with Crippen molar-refractivity contribution in [1.29, 1.82) is 0 Å². The second-order valence-electron chi connectivity index (χ2n) is 5.95. The molecule has 0 aliphatic carbocycles. The van der Waals surface area contributed by atoms with Gasteiger partial charge in [-0.1, -0.05) is 0 Å². The molecule has 1 aromatic rings. The molecule has 0 aromatic heterocycles. The summed E-state index contributed by atoms with van der Waals surface area (Å²) < 4.78 is 19.8. The van der Waals surface area contributed by atoms with E-state index in [0.717, 1.165) is 62.5 Å². The monoisotopic (exact) mass is 400 g/mol. The van der Waals surface area contributed by atoms with Crippen molar-refractivity contribution in [3.63, 3.8) is 0 Å². The van der Waals surface area contributed by atoms with Crippen LogP contribution in [0, 0.1) is 0 Å². The molecule has 4 heteroatoms. The van der Waals surface area contributed by atoms with Gasteiger partial charge in [0, 0.05) is 0 Å². The zero-order valence-electron chi connectivity index (χ0n) is 15.2. The van der Waals surface area contributed by atoms with Crippen LogP contribution in [0.15, 0.2) is 30.3 Å². The molecule has 0 saturated heterocycles. The van der Waals surface area contributed by atoms with Crippen molar-refractivity contribution in [2.24, 2.45) is 0 Å². The van der Waals surface area contributed by atoms with Gasteiger partial charge in [-0.15, -0.1) is 0 Å². The van der Waals surface area contributed by atoms with Crippen LogP contribution in [0.2, 0.25) is 0 Å². The van der Waals surface area contributed by atoms with E-state index in [1.54, 1.807) is 0 Å². The second kappa shape index (κ2) is 13.3. The first-order valence-corrected chi connectivity index (χ1v) is 14.0. The molecule has 0 heterocycles. The maximum absolute atomic E-state index is 6.33. The van der Waals surface area contributed by atoms with Crippen molar-refractivity contribution in [2.45, 2.75) is 63.4 Å². The van der Waals surface area contributed by atoms with Crippen LogP contribution in [0.5, 0.6) is 0 Å². The van der Waals surface area contributed by atoms with Gasteiger partial charge in [-0.05, 0) is 0 Å². The Hall–Kier alpha value is -0.0169. The van der Waals surface area contributed by atoms with Crippen LogP contribution in [0.25, 0.3) is 0 Å². The van der Waals surface area contributed by atoms with Gasteiger partial charge in [0.05, 0.1) is 0 Å². The average molecular weight is 402 g/mol. The molecular weight excluding hydrogens is 367 g/mol. The molecule has 23 heavy (non-hydrogen) atoms. The first-order valence-electron chi connectivity index (χ1n) is 9.22. The predicted octanol–water partition coefficient (Wildman–Crippen LogP) is 5.54. The van der Waals surface area contributed by atoms with Gasteiger partial charge in [-0.25, -0.2) is 0 Å². The van der Waals surface area contributed by atoms with E-state index in [1.165, 1.54) is 5.56 Å². The van der Waals surface area contributed by atoms with Crippen LogP contribution in [0.4, 0.5) is 0 Å². The van der Waals surface area contributed by atoms with Crippen LogP contribution in [-0.2, 0) is 34.2 Å². The molecule has 0 aliphatic rings. The van der Waals surface area contributed by atoms with Gasteiger partial charge in [-0.2, -0.15) is 0 Å². The summed E-state index contributed by atoms with van der Waals surface area (Å²) in [6, 6.07) is 10.5. The third kappa shape index (κ3) is 9.14. The van der Waals surface area contributed by atoms with Gasteiger partial charge in [0.25, 0.3) is 0 Å². The molecule has 0 bridgehead atoms. The zero-order chi connectivity index (χ0) is 16.8. The zero-order valence-corrected chi connectivity index (χ0v) is 17.6. The van der Waals surface area contributed by atoms with Gasteiger partial charge in [-0.3, -0.25) is 0 Å². The number of hydrogen-bond donors (Lipinski definition) is 0. The summed E-state index contributed by atoms with van der Waals surface area (Å²) in [6.07, 6.45) is 6.62. The van der Waals surface area contributed by atoms with Crippen LogP contribution >= 0.6 is 0 Å². The van der Waals surface area contributed by atoms with Crippen LogP contribution < -0.4 is 0 Å². The minimum atomic E-state index is -3.52. The maximum atomic E-state index is 6.33. The first-order chi connectivity index (χ1) is 11.3. The molecule has 0 atom stereocenters. The molecule has 0 amide bonds. The topological polar surface area (TPSA) is 27.7 Å². The van der Waals surface area contributed by atoms with Crippen molar-refractivity contribution in [3.05, 3.63) is 35.9 Å². The quantitative estimate of drug-likeness (QED) is 0.383. The molecule has 0 radical (unpaired) electrons. The minimum absolute atomic E-state index is 0.762. The van der Waals surface area contributed by atoms with Gasteiger partial charge < -0.3 is 0 Å². The van der Waals surface area contributed by atoms with Crippen molar-refractivity contribution in [3.8, 4) is 0 Å². The van der Waals surface area contributed by atoms with Gasteiger partial charge in [0.15, 0.2) is 0 Å². The fourth-order valence-electron chi connectivity index (χ4n) is 2.24. The van der Waals surface area contributed by atoms with Crippen molar-refractivity contribution >= 4 is 0 Å². The fourth-order valence-corrected chi connectivity index (χ4v) is 8.77. The number of rotatable bonds is 14. The van der Waals surface area contributed by atoms with Gasteiger partial charge in [0.1, 0.15) is 0 Å². The summed E-state index contributed by atoms with van der Waals surface area (Å²) in [6.45, 7) is 8.85. The summed E-state index contributed by atoms with van der Waals surface area (Å²) >= 11 is -3.52. The molecule has 0 aliphatic heterocycles. The third-order valence-corrected chi connectivity index (χ3v) is 10.5. The van der Waals surface area contributed by atoms with E-state index < -0.39 is 21.6 Å². The van der Waals surface area contributed by atoms with Crippen LogP contribution in [-0.4, -0.2) is 19.8 Å². The molecule has 0 saturated carbocycles. The number of unbranched alkanes of at least 4 members (excludes halogenated alkanes) is 3. The SMILES string of the molecule is CCCC[O][Zr]([CH2]c1ccccc1)([O]CCCC)[O]CCCC. The molecule has 132 valence electrons. The first kappa shape index (κ1) is 21.0. The summed E-state index contributed by atoms with van der Waals surface area (Å²) in [5, 5.41) is 0. The van der Waals surface area contributed by atoms with Crippen LogP contribution in [0.3, 0.4) is 0 Å². The van der Waals surface area contributed by atoms with E-state index >= 15 is 0 Å². The molecule has 3 nitrogen and oxygen atoms in total. The number of hydrogen-bond acceptors (Lipinski definition) is 3. The van der Waals surface area contributed by atoms with E-state index in [2.05, 4.69) is 51.1 Å². The Bertz CT molecular complexity index is 357. The molecule has 0 spiro atoms. The standard InChI is InChI=1S/C7H7.3C4H9O.Zr/c1-7-5-3-2-4-6-7;3*1-2-3-4-5;/h2-6H,1H2;3*2-4H2,1H3;/q;3*-1;+3. The summed E-state index contributed by atoms with van der Waals surface area (Å²) in [5.74, 6) is 0. The summed E-state index contributed by atoms with van der Waals surface area (Å²) in [7, 11) is 0. The van der Waals surface area contributed by atoms with E-state index in [-0.39, 0.29) is 0 Å². The molecule has 0 unspecified atom stereocenters. The Morgan fingerprint density at radius 1 is 0.696 bits per heavy atom. The molecule has 1 rings (SSSR count). The van der Waals surface area contributed by atoms with Gasteiger partial charge in [0.2, 0.25) is 0 Å². The predicted molar refractivity (Wildman–Crippen MR) is 92.7 cm³/mol. The molecular formula is C19H34O3Zr. The summed E-state index contributed by atoms with van der Waals surface area (Å²) in [5.41, 5.74) is 1.27. The Kier molecular flexibility index (Phi) is 12.2. The average Bonchev–Trinajstić information content (AvgIpc) is 2.56. The Morgan fingerprint density at radius 2 is 1.13 bits per heavy atom. The Morgan fingerprint density at radius 3 is 1.52 bits per heavy atom. The van der Waals surface area contributed by atoms with Gasteiger partial charge >= 0.3 is 149 Å². The van der Waals surface area contributed by atoms with E-state index in [4.69, 9.17) is 8.44 Å². The van der Waals surface area contributed by atoms with E-state index in [0.29, 0.717) is 0 Å². The third-order valence-electron chi connectivity index (χ3n) is 3.72. The van der Waals surface area contributed by atoms with Crippen molar-refractivity contribution < 1.29 is 30.0 Å². The number of benzene rings is 1. The van der Waals surface area contributed by atoms with E-state index in [1.807, 2.05) is 0 Å². The fraction of sp³-hybridized carbons (Fsp3) is 0.684. The van der Waals surface area contributed by atoms with Crippen molar-refractivity contribution in [1.82, 2.24) is 0 Å². The second-order valence-corrected chi connectivity index (χ2v) is 12.3. The molecule has 1 aromatic carbocycles. The molecule has 0 N–H and O–H groups in total.